The quantitative estimate of drug-likeness (QED) is 0.697. The number of aromatic carboxylic acids is 1. The molecule has 3 rings (SSSR count). The molecular formula is C11H11BN3O2. The lowest BCUT2D eigenvalue weighted by Gasteiger charge is -2.16. The zero-order valence-electron chi connectivity index (χ0n) is 9.26. The molecule has 1 fully saturated rings. The first-order valence-electron chi connectivity index (χ1n) is 5.66. The van der Waals surface area contributed by atoms with Crippen molar-refractivity contribution >= 4 is 30.3 Å². The zero-order valence-corrected chi connectivity index (χ0v) is 9.26. The lowest BCUT2D eigenvalue weighted by atomic mass is 9.70. The number of aromatic nitrogens is 1. The molecule has 0 aromatic carbocycles. The first-order valence-corrected chi connectivity index (χ1v) is 5.66. The van der Waals surface area contributed by atoms with Gasteiger partial charge in [0.1, 0.15) is 5.82 Å². The average molecular weight is 228 g/mol. The standard InChI is InChI=1S/C11H11BN3O2/c16-10(17)7-5-8-9(13-6-7)14-11(12-8)15-3-1-2-4-15/h5-6H,1-4H2,(H,16,17). The van der Waals surface area contributed by atoms with Crippen molar-refractivity contribution < 1.29 is 9.90 Å². The molecule has 1 N–H and O–H groups in total. The van der Waals surface area contributed by atoms with E-state index in [2.05, 4.69) is 14.9 Å². The van der Waals surface area contributed by atoms with Crippen molar-refractivity contribution in [2.45, 2.75) is 12.8 Å². The number of rotatable bonds is 1. The van der Waals surface area contributed by atoms with Gasteiger partial charge in [0, 0.05) is 19.3 Å². The monoisotopic (exact) mass is 228 g/mol. The van der Waals surface area contributed by atoms with E-state index in [1.165, 1.54) is 19.0 Å². The highest BCUT2D eigenvalue weighted by atomic mass is 16.4. The highest BCUT2D eigenvalue weighted by Crippen LogP contribution is 2.16. The van der Waals surface area contributed by atoms with Crippen molar-refractivity contribution in [3.05, 3.63) is 17.8 Å². The first kappa shape index (κ1) is 10.3. The number of amidine groups is 1. The Labute approximate surface area is 99.4 Å². The maximum Gasteiger partial charge on any atom is 0.337 e. The van der Waals surface area contributed by atoms with Crippen molar-refractivity contribution in [3.63, 3.8) is 0 Å². The summed E-state index contributed by atoms with van der Waals surface area (Å²) in [6.07, 6.45) is 3.74. The third-order valence-corrected chi connectivity index (χ3v) is 3.08. The van der Waals surface area contributed by atoms with Crippen LogP contribution in [-0.2, 0) is 0 Å². The molecule has 0 unspecified atom stereocenters. The van der Waals surface area contributed by atoms with Gasteiger partial charge in [0.25, 0.3) is 0 Å². The third kappa shape index (κ3) is 1.79. The second-order valence-electron chi connectivity index (χ2n) is 4.25. The van der Waals surface area contributed by atoms with Gasteiger partial charge in [0.2, 0.25) is 7.28 Å². The fourth-order valence-electron chi connectivity index (χ4n) is 2.18. The number of carboxylic acid groups (broad SMARTS) is 1. The van der Waals surface area contributed by atoms with E-state index in [9.17, 15) is 4.79 Å². The van der Waals surface area contributed by atoms with E-state index >= 15 is 0 Å². The summed E-state index contributed by atoms with van der Waals surface area (Å²) in [6, 6.07) is 1.62. The van der Waals surface area contributed by atoms with Crippen LogP contribution in [0.5, 0.6) is 0 Å². The molecule has 5 nitrogen and oxygen atoms in total. The van der Waals surface area contributed by atoms with E-state index in [1.807, 2.05) is 7.28 Å². The van der Waals surface area contributed by atoms with Crippen molar-refractivity contribution in [2.75, 3.05) is 13.1 Å². The number of likely N-dealkylation sites (tertiary alicyclic amines) is 1. The highest BCUT2D eigenvalue weighted by molar-refractivity contribution is 6.87. The lowest BCUT2D eigenvalue weighted by Crippen LogP contribution is -2.34. The van der Waals surface area contributed by atoms with Gasteiger partial charge in [-0.2, -0.15) is 0 Å². The Balaban J connectivity index is 1.86. The Hall–Kier alpha value is -1.85. The first-order chi connectivity index (χ1) is 8.24. The minimum absolute atomic E-state index is 0.206. The van der Waals surface area contributed by atoms with Crippen molar-refractivity contribution in [2.24, 2.45) is 4.99 Å². The molecule has 0 amide bonds. The molecule has 0 aliphatic carbocycles. The lowest BCUT2D eigenvalue weighted by molar-refractivity contribution is 0.0696. The van der Waals surface area contributed by atoms with E-state index < -0.39 is 5.97 Å². The molecule has 1 saturated heterocycles. The number of fused-ring (bicyclic) bond motifs is 1. The third-order valence-electron chi connectivity index (χ3n) is 3.08. The van der Waals surface area contributed by atoms with Gasteiger partial charge in [0.05, 0.1) is 11.3 Å². The van der Waals surface area contributed by atoms with Crippen LogP contribution in [0.3, 0.4) is 0 Å². The number of hydrogen-bond acceptors (Lipinski definition) is 4. The topological polar surface area (TPSA) is 65.8 Å². The summed E-state index contributed by atoms with van der Waals surface area (Å²) < 4.78 is 0. The Kier molecular flexibility index (Phi) is 2.35. The summed E-state index contributed by atoms with van der Waals surface area (Å²) in [4.78, 5) is 21.5. The second kappa shape index (κ2) is 3.87. The van der Waals surface area contributed by atoms with Crippen LogP contribution in [0.1, 0.15) is 23.2 Å². The Morgan fingerprint density at radius 3 is 2.88 bits per heavy atom. The SMILES string of the molecule is O=C(O)c1cnc2c(c1)[B]C(N1CCCC1)=N2. The number of hydrogen-bond donors (Lipinski definition) is 1. The highest BCUT2D eigenvalue weighted by Gasteiger charge is 2.25. The Bertz CT molecular complexity index is 509. The number of carbonyl (C=O) groups is 1. The van der Waals surface area contributed by atoms with E-state index in [-0.39, 0.29) is 5.56 Å². The van der Waals surface area contributed by atoms with Crippen molar-refractivity contribution in [3.8, 4) is 0 Å². The van der Waals surface area contributed by atoms with E-state index in [4.69, 9.17) is 5.11 Å². The van der Waals surface area contributed by atoms with Crippen LogP contribution in [0.25, 0.3) is 0 Å². The molecule has 0 saturated carbocycles. The molecule has 17 heavy (non-hydrogen) atoms. The maximum absolute atomic E-state index is 10.8. The summed E-state index contributed by atoms with van der Waals surface area (Å²) in [7, 11) is 1.92. The van der Waals surface area contributed by atoms with Gasteiger partial charge in [-0.3, -0.25) is 0 Å². The van der Waals surface area contributed by atoms with Crippen LogP contribution < -0.4 is 5.46 Å². The number of carboxylic acids is 1. The van der Waals surface area contributed by atoms with Crippen LogP contribution >= 0.6 is 0 Å². The van der Waals surface area contributed by atoms with Crippen LogP contribution in [0, 0.1) is 0 Å². The minimum atomic E-state index is -0.955. The zero-order chi connectivity index (χ0) is 11.8. The fourth-order valence-corrected chi connectivity index (χ4v) is 2.18. The number of aliphatic imine (C=N–C) groups is 1. The van der Waals surface area contributed by atoms with Crippen molar-refractivity contribution in [1.82, 2.24) is 9.88 Å². The van der Waals surface area contributed by atoms with Gasteiger partial charge in [-0.25, -0.2) is 14.8 Å². The summed E-state index contributed by atoms with van der Waals surface area (Å²) in [6.45, 7) is 2.05. The fraction of sp³-hybridized carbons (Fsp3) is 0.364. The molecule has 1 aromatic heterocycles. The largest absolute Gasteiger partial charge is 0.478 e. The van der Waals surface area contributed by atoms with Gasteiger partial charge in [0.15, 0.2) is 0 Å². The van der Waals surface area contributed by atoms with E-state index in [0.29, 0.717) is 5.82 Å². The summed E-state index contributed by atoms with van der Waals surface area (Å²) in [5, 5.41) is 8.89. The van der Waals surface area contributed by atoms with Crippen molar-refractivity contribution in [1.29, 1.82) is 0 Å². The summed E-state index contributed by atoms with van der Waals surface area (Å²) in [5.41, 5.74) is 1.91. The Morgan fingerprint density at radius 2 is 2.18 bits per heavy atom. The predicted octanol–water partition coefficient (Wildman–Crippen LogP) is 0.206. The summed E-state index contributed by atoms with van der Waals surface area (Å²) in [5.74, 6) is -0.333. The predicted molar refractivity (Wildman–Crippen MR) is 64.5 cm³/mol. The van der Waals surface area contributed by atoms with Crippen LogP contribution in [0.15, 0.2) is 17.3 Å². The normalized spacial score (nSPS) is 17.6. The average Bonchev–Trinajstić information content (AvgIpc) is 2.96. The number of nitrogens with zero attached hydrogens (tertiary/aromatic N) is 3. The summed E-state index contributed by atoms with van der Waals surface area (Å²) >= 11 is 0. The molecule has 0 bridgehead atoms. The van der Waals surface area contributed by atoms with Gasteiger partial charge in [-0.05, 0) is 24.4 Å². The molecule has 0 atom stereocenters. The molecule has 1 aromatic rings. The van der Waals surface area contributed by atoms with Gasteiger partial charge in [-0.1, -0.05) is 0 Å². The van der Waals surface area contributed by atoms with E-state index in [0.717, 1.165) is 24.3 Å². The molecular weight excluding hydrogens is 217 g/mol. The molecule has 85 valence electrons. The van der Waals surface area contributed by atoms with E-state index in [1.54, 1.807) is 6.07 Å². The smallest absolute Gasteiger partial charge is 0.337 e. The molecule has 6 heteroatoms. The minimum Gasteiger partial charge on any atom is -0.478 e. The van der Waals surface area contributed by atoms with Gasteiger partial charge < -0.3 is 10.0 Å². The van der Waals surface area contributed by atoms with Crippen LogP contribution in [0.4, 0.5) is 5.82 Å². The molecule has 1 radical (unpaired) electrons. The molecule has 0 spiro atoms. The number of pyridine rings is 1. The van der Waals surface area contributed by atoms with Crippen LogP contribution in [-0.4, -0.2) is 47.1 Å². The molecule has 2 aliphatic rings. The molecule has 2 aliphatic heterocycles. The van der Waals surface area contributed by atoms with Crippen LogP contribution in [0.2, 0.25) is 0 Å². The Morgan fingerprint density at radius 1 is 1.41 bits per heavy atom. The molecule has 3 heterocycles. The van der Waals surface area contributed by atoms with Gasteiger partial charge in [-0.15, -0.1) is 0 Å². The maximum atomic E-state index is 10.8. The van der Waals surface area contributed by atoms with Gasteiger partial charge >= 0.3 is 5.97 Å². The second-order valence-corrected chi connectivity index (χ2v) is 4.25.